The number of benzene rings is 1. The van der Waals surface area contributed by atoms with Gasteiger partial charge in [-0.05, 0) is 43.0 Å². The van der Waals surface area contributed by atoms with Crippen LogP contribution in [-0.2, 0) is 6.54 Å². The van der Waals surface area contributed by atoms with E-state index in [0.29, 0.717) is 19.0 Å². The molecule has 7 nitrogen and oxygen atoms in total. The summed E-state index contributed by atoms with van der Waals surface area (Å²) in [6.07, 6.45) is 5.70. The second-order valence-electron chi connectivity index (χ2n) is 8.26. The molecule has 5 N–H and O–H groups in total. The molecule has 7 heteroatoms. The van der Waals surface area contributed by atoms with E-state index >= 15 is 0 Å². The van der Waals surface area contributed by atoms with E-state index in [0.717, 1.165) is 53.2 Å². The summed E-state index contributed by atoms with van der Waals surface area (Å²) in [7, 11) is 0. The Kier molecular flexibility index (Phi) is 8.80. The molecule has 0 bridgehead atoms. The number of nitrogens with two attached hydrogens (primary N) is 1. The molecule has 0 aliphatic rings. The molecule has 0 aliphatic heterocycles. The van der Waals surface area contributed by atoms with Crippen LogP contribution in [0, 0.1) is 5.92 Å². The van der Waals surface area contributed by atoms with Crippen molar-refractivity contribution in [3.63, 3.8) is 0 Å². The first-order chi connectivity index (χ1) is 15.6. The summed E-state index contributed by atoms with van der Waals surface area (Å²) in [5.74, 6) is 2.34. The predicted molar refractivity (Wildman–Crippen MR) is 133 cm³/mol. The molecule has 1 atom stereocenters. The summed E-state index contributed by atoms with van der Waals surface area (Å²) < 4.78 is 0. The van der Waals surface area contributed by atoms with E-state index < -0.39 is 0 Å². The van der Waals surface area contributed by atoms with Gasteiger partial charge in [0.05, 0.1) is 24.0 Å². The Morgan fingerprint density at radius 2 is 1.88 bits per heavy atom. The van der Waals surface area contributed by atoms with Crippen LogP contribution in [0.15, 0.2) is 54.9 Å². The van der Waals surface area contributed by atoms with E-state index in [1.165, 1.54) is 0 Å². The van der Waals surface area contributed by atoms with Crippen molar-refractivity contribution >= 4 is 22.5 Å². The van der Waals surface area contributed by atoms with E-state index in [9.17, 15) is 0 Å². The zero-order chi connectivity index (χ0) is 22.8. The van der Waals surface area contributed by atoms with Crippen LogP contribution < -0.4 is 16.4 Å². The average Bonchev–Trinajstić information content (AvgIpc) is 2.90. The molecule has 3 aromatic rings. The van der Waals surface area contributed by atoms with Gasteiger partial charge in [-0.3, -0.25) is 10.1 Å². The first-order valence-electron chi connectivity index (χ1n) is 11.4. The Morgan fingerprint density at radius 1 is 1.03 bits per heavy atom. The summed E-state index contributed by atoms with van der Waals surface area (Å²) in [4.78, 5) is 9.72. The van der Waals surface area contributed by atoms with Crippen molar-refractivity contribution in [3.8, 4) is 0 Å². The highest BCUT2D eigenvalue weighted by atomic mass is 15.1. The SMILES string of the molecule is CCC(CCN)CNc1cc[nH]ncc(C(C)C)c(NCc2ccc3ccccc3n2)n1. The van der Waals surface area contributed by atoms with Crippen LogP contribution in [0.5, 0.6) is 0 Å². The van der Waals surface area contributed by atoms with Crippen molar-refractivity contribution in [1.82, 2.24) is 20.2 Å². The van der Waals surface area contributed by atoms with Crippen LogP contribution in [0.3, 0.4) is 0 Å². The van der Waals surface area contributed by atoms with E-state index in [1.54, 1.807) is 6.20 Å². The van der Waals surface area contributed by atoms with Gasteiger partial charge in [0, 0.05) is 23.7 Å². The number of para-hydroxylation sites is 1. The van der Waals surface area contributed by atoms with Crippen molar-refractivity contribution in [1.29, 1.82) is 0 Å². The Labute approximate surface area is 190 Å². The monoisotopic (exact) mass is 433 g/mol. The van der Waals surface area contributed by atoms with Gasteiger partial charge in [0.1, 0.15) is 11.6 Å². The first-order valence-corrected chi connectivity index (χ1v) is 11.4. The maximum Gasteiger partial charge on any atom is 0.133 e. The number of hydrogen-bond donors (Lipinski definition) is 4. The summed E-state index contributed by atoms with van der Waals surface area (Å²) >= 11 is 0. The lowest BCUT2D eigenvalue weighted by atomic mass is 10.0. The Bertz CT molecular complexity index is 1040. The fourth-order valence-corrected chi connectivity index (χ4v) is 3.53. The smallest absolute Gasteiger partial charge is 0.133 e. The topological polar surface area (TPSA) is 105 Å². The lowest BCUT2D eigenvalue weighted by Gasteiger charge is -2.16. The Hall–Kier alpha value is -3.19. The maximum absolute atomic E-state index is 5.76. The van der Waals surface area contributed by atoms with Crippen LogP contribution in [0.1, 0.15) is 50.8 Å². The number of anilines is 2. The number of rotatable bonds is 10. The lowest BCUT2D eigenvalue weighted by Crippen LogP contribution is -2.18. The molecule has 32 heavy (non-hydrogen) atoms. The second kappa shape index (κ2) is 12.0. The largest absolute Gasteiger partial charge is 0.370 e. The van der Waals surface area contributed by atoms with Crippen LogP contribution in [0.25, 0.3) is 10.9 Å². The third kappa shape index (κ3) is 6.65. The van der Waals surface area contributed by atoms with Gasteiger partial charge < -0.3 is 16.4 Å². The van der Waals surface area contributed by atoms with Gasteiger partial charge in [0.15, 0.2) is 0 Å². The van der Waals surface area contributed by atoms with Crippen LogP contribution in [-0.4, -0.2) is 33.3 Å². The van der Waals surface area contributed by atoms with Gasteiger partial charge in [-0.25, -0.2) is 4.98 Å². The van der Waals surface area contributed by atoms with Gasteiger partial charge >= 0.3 is 0 Å². The number of nitrogens with zero attached hydrogens (tertiary/aromatic N) is 3. The Morgan fingerprint density at radius 3 is 2.66 bits per heavy atom. The summed E-state index contributed by atoms with van der Waals surface area (Å²) in [6.45, 7) is 8.57. The minimum Gasteiger partial charge on any atom is -0.370 e. The number of aromatic amines is 1. The molecule has 0 saturated carbocycles. The molecule has 170 valence electrons. The molecule has 1 aromatic carbocycles. The fraction of sp³-hybridized carbons (Fsp3) is 0.400. The van der Waals surface area contributed by atoms with Crippen molar-refractivity contribution in [2.75, 3.05) is 23.7 Å². The van der Waals surface area contributed by atoms with E-state index in [4.69, 9.17) is 15.7 Å². The molecule has 0 spiro atoms. The third-order valence-corrected chi connectivity index (χ3v) is 5.54. The summed E-state index contributed by atoms with van der Waals surface area (Å²) in [6, 6.07) is 14.2. The second-order valence-corrected chi connectivity index (χ2v) is 8.26. The normalized spacial score (nSPS) is 11.9. The maximum atomic E-state index is 5.76. The third-order valence-electron chi connectivity index (χ3n) is 5.54. The predicted octanol–water partition coefficient (Wildman–Crippen LogP) is 5.00. The van der Waals surface area contributed by atoms with E-state index in [1.807, 2.05) is 30.5 Å². The standard InChI is InChI=1S/C25H35N7/c1-4-19(11-13-26)15-27-24-12-14-29-30-17-22(18(2)3)25(32-24)28-16-21-10-9-20-7-5-6-8-23(20)31-21/h5-10,12,14,17-19,28-29H,4,11,13,15-16,26H2,1-3H3,(H,27,32). The number of pyridine rings is 1. The number of fused-ring (bicyclic) bond motifs is 1. The van der Waals surface area contributed by atoms with Gasteiger partial charge in [0.25, 0.3) is 0 Å². The number of aromatic nitrogens is 4. The van der Waals surface area contributed by atoms with Gasteiger partial charge in [-0.15, -0.1) is 0 Å². The van der Waals surface area contributed by atoms with Crippen molar-refractivity contribution in [2.45, 2.75) is 46.1 Å². The number of nitrogens with one attached hydrogen (secondary N) is 3. The minimum absolute atomic E-state index is 0.247. The highest BCUT2D eigenvalue weighted by molar-refractivity contribution is 5.78. The number of hydrogen-bond acceptors (Lipinski definition) is 6. The molecule has 0 amide bonds. The first kappa shape index (κ1) is 23.5. The fourth-order valence-electron chi connectivity index (χ4n) is 3.53. The van der Waals surface area contributed by atoms with Crippen LogP contribution in [0.2, 0.25) is 0 Å². The quantitative estimate of drug-likeness (QED) is 0.359. The summed E-state index contributed by atoms with van der Waals surface area (Å²) in [5.41, 5.74) is 8.74. The minimum atomic E-state index is 0.247. The van der Waals surface area contributed by atoms with Crippen molar-refractivity contribution in [3.05, 3.63) is 66.1 Å². The van der Waals surface area contributed by atoms with Gasteiger partial charge in [0.2, 0.25) is 0 Å². The molecule has 0 radical (unpaired) electrons. The van der Waals surface area contributed by atoms with Crippen molar-refractivity contribution in [2.24, 2.45) is 11.7 Å². The molecule has 2 heterocycles. The zero-order valence-corrected chi connectivity index (χ0v) is 19.3. The molecule has 0 fully saturated rings. The average molecular weight is 434 g/mol. The Balaban J connectivity index is 1.88. The molecule has 1 unspecified atom stereocenters. The molecule has 0 saturated heterocycles. The highest BCUT2D eigenvalue weighted by Gasteiger charge is 2.10. The van der Waals surface area contributed by atoms with Crippen LogP contribution in [0.4, 0.5) is 11.6 Å². The van der Waals surface area contributed by atoms with Crippen molar-refractivity contribution < 1.29 is 0 Å². The molecular formula is C25H35N7. The van der Waals surface area contributed by atoms with Gasteiger partial charge in [-0.2, -0.15) is 5.10 Å². The zero-order valence-electron chi connectivity index (χ0n) is 19.3. The van der Waals surface area contributed by atoms with Crippen LogP contribution >= 0.6 is 0 Å². The highest BCUT2D eigenvalue weighted by Crippen LogP contribution is 2.22. The molecular weight excluding hydrogens is 398 g/mol. The van der Waals surface area contributed by atoms with E-state index in [-0.39, 0.29) is 5.92 Å². The molecule has 3 rings (SSSR count). The number of H-pyrrole nitrogens is 1. The van der Waals surface area contributed by atoms with E-state index in [2.05, 4.69) is 59.8 Å². The lowest BCUT2D eigenvalue weighted by molar-refractivity contribution is 0.501. The molecule has 2 aromatic heterocycles. The summed E-state index contributed by atoms with van der Waals surface area (Å²) in [5, 5.41) is 15.4. The van der Waals surface area contributed by atoms with Gasteiger partial charge in [-0.1, -0.05) is 51.5 Å². The molecule has 0 aliphatic carbocycles.